The van der Waals surface area contributed by atoms with E-state index in [0.717, 1.165) is 0 Å². The largest absolute Gasteiger partial charge is 0.493 e. The Bertz CT molecular complexity index is 614. The van der Waals surface area contributed by atoms with Crippen molar-refractivity contribution in [2.75, 3.05) is 25.6 Å². The zero-order chi connectivity index (χ0) is 16.3. The van der Waals surface area contributed by atoms with Crippen LogP contribution in [-0.2, 0) is 9.59 Å². The summed E-state index contributed by atoms with van der Waals surface area (Å²) in [5.74, 6) is 0.0890. The number of amides is 2. The van der Waals surface area contributed by atoms with E-state index in [1.54, 1.807) is 0 Å². The molecule has 0 radical (unpaired) electrons. The first-order valence-electron chi connectivity index (χ1n) is 6.91. The standard InChI is InChI=1S/C15H18N2O5/c1-4-11-15(20)17(7-13(19)16-2)10-5-9(8-18)6-12(21-3)14(10)22-11/h5-6,8,11H,4,7H2,1-3H3,(H,16,19). The Morgan fingerprint density at radius 3 is 2.77 bits per heavy atom. The number of hydrogen-bond donors (Lipinski definition) is 1. The van der Waals surface area contributed by atoms with Gasteiger partial charge in [0.15, 0.2) is 17.6 Å². The van der Waals surface area contributed by atoms with Gasteiger partial charge in [-0.05, 0) is 18.6 Å². The highest BCUT2D eigenvalue weighted by Crippen LogP contribution is 2.42. The van der Waals surface area contributed by atoms with Gasteiger partial charge in [0.1, 0.15) is 12.8 Å². The quantitative estimate of drug-likeness (QED) is 0.812. The third-order valence-corrected chi connectivity index (χ3v) is 3.46. The van der Waals surface area contributed by atoms with Crippen LogP contribution < -0.4 is 19.7 Å². The maximum absolute atomic E-state index is 12.5. The fraction of sp³-hybridized carbons (Fsp3) is 0.400. The molecule has 0 aromatic heterocycles. The number of hydrogen-bond acceptors (Lipinski definition) is 5. The highest BCUT2D eigenvalue weighted by molar-refractivity contribution is 6.05. The van der Waals surface area contributed by atoms with Gasteiger partial charge >= 0.3 is 0 Å². The molecule has 1 N–H and O–H groups in total. The van der Waals surface area contributed by atoms with Crippen molar-refractivity contribution in [1.29, 1.82) is 0 Å². The molecule has 1 aromatic carbocycles. The van der Waals surface area contributed by atoms with Gasteiger partial charge < -0.3 is 14.8 Å². The van der Waals surface area contributed by atoms with Crippen LogP contribution in [-0.4, -0.2) is 44.9 Å². The summed E-state index contributed by atoms with van der Waals surface area (Å²) >= 11 is 0. The van der Waals surface area contributed by atoms with Crippen molar-refractivity contribution in [3.05, 3.63) is 17.7 Å². The van der Waals surface area contributed by atoms with Crippen LogP contribution in [0.4, 0.5) is 5.69 Å². The predicted octanol–water partition coefficient (Wildman–Crippen LogP) is 0.758. The summed E-state index contributed by atoms with van der Waals surface area (Å²) in [6, 6.07) is 3.05. The summed E-state index contributed by atoms with van der Waals surface area (Å²) in [6.45, 7) is 1.67. The SMILES string of the molecule is CCC1Oc2c(OC)cc(C=O)cc2N(CC(=O)NC)C1=O. The van der Waals surface area contributed by atoms with Crippen molar-refractivity contribution in [1.82, 2.24) is 5.32 Å². The van der Waals surface area contributed by atoms with Crippen LogP contribution in [0, 0.1) is 0 Å². The molecular formula is C15H18N2O5. The summed E-state index contributed by atoms with van der Waals surface area (Å²) in [7, 11) is 2.95. The molecule has 1 aromatic rings. The second-order valence-electron chi connectivity index (χ2n) is 4.80. The molecule has 0 saturated heterocycles. The van der Waals surface area contributed by atoms with E-state index < -0.39 is 6.10 Å². The van der Waals surface area contributed by atoms with Gasteiger partial charge in [-0.3, -0.25) is 19.3 Å². The molecule has 0 spiro atoms. The van der Waals surface area contributed by atoms with Crippen LogP contribution in [0.2, 0.25) is 0 Å². The lowest BCUT2D eigenvalue weighted by Crippen LogP contribution is -2.49. The third kappa shape index (κ3) is 2.74. The van der Waals surface area contributed by atoms with E-state index in [-0.39, 0.29) is 18.4 Å². The normalized spacial score (nSPS) is 16.6. The number of rotatable bonds is 5. The number of fused-ring (bicyclic) bond motifs is 1. The number of nitrogens with one attached hydrogen (secondary N) is 1. The van der Waals surface area contributed by atoms with Gasteiger partial charge in [-0.2, -0.15) is 0 Å². The number of likely N-dealkylation sites (N-methyl/N-ethyl adjacent to an activating group) is 1. The number of ether oxygens (including phenoxy) is 2. The van der Waals surface area contributed by atoms with Crippen LogP contribution in [0.3, 0.4) is 0 Å². The number of aldehydes is 1. The van der Waals surface area contributed by atoms with Crippen LogP contribution >= 0.6 is 0 Å². The number of carbonyl (C=O) groups excluding carboxylic acids is 3. The average Bonchev–Trinajstić information content (AvgIpc) is 2.55. The van der Waals surface area contributed by atoms with Gasteiger partial charge in [-0.15, -0.1) is 0 Å². The number of anilines is 1. The minimum Gasteiger partial charge on any atom is -0.493 e. The van der Waals surface area contributed by atoms with Crippen molar-refractivity contribution < 1.29 is 23.9 Å². The summed E-state index contributed by atoms with van der Waals surface area (Å²) < 4.78 is 10.9. The molecule has 118 valence electrons. The second-order valence-corrected chi connectivity index (χ2v) is 4.80. The predicted molar refractivity (Wildman–Crippen MR) is 79.5 cm³/mol. The first-order chi connectivity index (χ1) is 10.5. The molecule has 0 bridgehead atoms. The molecule has 7 heteroatoms. The maximum Gasteiger partial charge on any atom is 0.268 e. The zero-order valence-corrected chi connectivity index (χ0v) is 12.7. The molecule has 1 heterocycles. The molecule has 0 saturated carbocycles. The van der Waals surface area contributed by atoms with Gasteiger partial charge in [-0.25, -0.2) is 0 Å². The summed E-state index contributed by atoms with van der Waals surface area (Å²) in [6.07, 6.45) is 0.423. The smallest absolute Gasteiger partial charge is 0.268 e. The minimum atomic E-state index is -0.687. The Balaban J connectivity index is 2.57. The first-order valence-corrected chi connectivity index (χ1v) is 6.91. The Labute approximate surface area is 128 Å². The molecule has 2 rings (SSSR count). The molecule has 1 aliphatic heterocycles. The van der Waals surface area contributed by atoms with Gasteiger partial charge in [0.05, 0.1) is 12.8 Å². The van der Waals surface area contributed by atoms with Crippen LogP contribution in [0.15, 0.2) is 12.1 Å². The molecule has 1 aliphatic rings. The number of methoxy groups -OCH3 is 1. The molecular weight excluding hydrogens is 288 g/mol. The molecule has 1 unspecified atom stereocenters. The van der Waals surface area contributed by atoms with E-state index in [9.17, 15) is 14.4 Å². The molecule has 0 fully saturated rings. The molecule has 22 heavy (non-hydrogen) atoms. The van der Waals surface area contributed by atoms with Crippen molar-refractivity contribution >= 4 is 23.8 Å². The molecule has 1 atom stereocenters. The van der Waals surface area contributed by atoms with Gasteiger partial charge in [0.25, 0.3) is 5.91 Å². The van der Waals surface area contributed by atoms with Crippen molar-refractivity contribution in [2.45, 2.75) is 19.4 Å². The van der Waals surface area contributed by atoms with E-state index in [0.29, 0.717) is 35.5 Å². The van der Waals surface area contributed by atoms with Crippen molar-refractivity contribution in [2.24, 2.45) is 0 Å². The zero-order valence-electron chi connectivity index (χ0n) is 12.7. The Morgan fingerprint density at radius 1 is 1.50 bits per heavy atom. The fourth-order valence-corrected chi connectivity index (χ4v) is 2.28. The second kappa shape index (κ2) is 6.46. The Kier molecular flexibility index (Phi) is 4.65. The van der Waals surface area contributed by atoms with Gasteiger partial charge in [0.2, 0.25) is 5.91 Å². The van der Waals surface area contributed by atoms with Gasteiger partial charge in [-0.1, -0.05) is 6.92 Å². The topological polar surface area (TPSA) is 84.9 Å². The molecule has 2 amide bonds. The third-order valence-electron chi connectivity index (χ3n) is 3.46. The van der Waals surface area contributed by atoms with E-state index in [1.807, 2.05) is 6.92 Å². The maximum atomic E-state index is 12.5. The summed E-state index contributed by atoms with van der Waals surface area (Å²) in [4.78, 5) is 36.5. The van der Waals surface area contributed by atoms with E-state index in [2.05, 4.69) is 5.32 Å². The molecule has 7 nitrogen and oxygen atoms in total. The van der Waals surface area contributed by atoms with Crippen LogP contribution in [0.5, 0.6) is 11.5 Å². The minimum absolute atomic E-state index is 0.145. The number of nitrogens with zero attached hydrogens (tertiary/aromatic N) is 1. The monoisotopic (exact) mass is 306 g/mol. The summed E-state index contributed by atoms with van der Waals surface area (Å²) in [5.41, 5.74) is 0.698. The Hall–Kier alpha value is -2.57. The van der Waals surface area contributed by atoms with Crippen LogP contribution in [0.25, 0.3) is 0 Å². The van der Waals surface area contributed by atoms with Crippen molar-refractivity contribution in [3.8, 4) is 11.5 Å². The van der Waals surface area contributed by atoms with E-state index in [4.69, 9.17) is 9.47 Å². The highest BCUT2D eigenvalue weighted by Gasteiger charge is 2.36. The van der Waals surface area contributed by atoms with Crippen LogP contribution in [0.1, 0.15) is 23.7 Å². The first kappa shape index (κ1) is 15.8. The lowest BCUT2D eigenvalue weighted by molar-refractivity contribution is -0.128. The number of benzene rings is 1. The average molecular weight is 306 g/mol. The number of carbonyl (C=O) groups is 3. The van der Waals surface area contributed by atoms with E-state index in [1.165, 1.54) is 31.2 Å². The fourth-order valence-electron chi connectivity index (χ4n) is 2.28. The molecule has 0 aliphatic carbocycles. The van der Waals surface area contributed by atoms with E-state index >= 15 is 0 Å². The highest BCUT2D eigenvalue weighted by atomic mass is 16.5. The lowest BCUT2D eigenvalue weighted by atomic mass is 10.1. The van der Waals surface area contributed by atoms with Gasteiger partial charge in [0, 0.05) is 12.6 Å². The van der Waals surface area contributed by atoms with Crippen molar-refractivity contribution in [3.63, 3.8) is 0 Å². The Morgan fingerprint density at radius 2 is 2.23 bits per heavy atom. The summed E-state index contributed by atoms with van der Waals surface area (Å²) in [5, 5.41) is 2.48. The lowest BCUT2D eigenvalue weighted by Gasteiger charge is -2.34.